The van der Waals surface area contributed by atoms with Crippen molar-refractivity contribution in [2.24, 2.45) is 5.14 Å². The van der Waals surface area contributed by atoms with E-state index in [1.54, 1.807) is 0 Å². The zero-order valence-corrected chi connectivity index (χ0v) is 7.15. The van der Waals surface area contributed by atoms with Gasteiger partial charge in [0.05, 0.1) is 0 Å². The molecule has 0 aromatic rings. The fourth-order valence-corrected chi connectivity index (χ4v) is 3.24. The van der Waals surface area contributed by atoms with Crippen molar-refractivity contribution in [2.75, 3.05) is 0 Å². The van der Waals surface area contributed by atoms with Gasteiger partial charge in [0.1, 0.15) is 0 Å². The molecule has 11 heteroatoms. The van der Waals surface area contributed by atoms with Gasteiger partial charge >= 0.3 is 26.1 Å². The molecule has 0 aliphatic carbocycles. The lowest BCUT2D eigenvalue weighted by Crippen LogP contribution is -2.29. The SMILES string of the molecule is NS(=O)(=O)S(=O)(=O)S(=O)(=O)O. The van der Waals surface area contributed by atoms with E-state index in [2.05, 4.69) is 5.14 Å². The first kappa shape index (κ1) is 10.8. The molecule has 68 valence electrons. The topological polar surface area (TPSA) is 149 Å². The van der Waals surface area contributed by atoms with Crippen LogP contribution in [0.1, 0.15) is 0 Å². The molecule has 0 heterocycles. The molecular weight excluding hydrogens is 222 g/mol. The minimum Gasteiger partial charge on any atom is -0.273 e. The van der Waals surface area contributed by atoms with Gasteiger partial charge in [-0.05, 0) is 0 Å². The molecule has 3 N–H and O–H groups in total. The van der Waals surface area contributed by atoms with Gasteiger partial charge in [-0.2, -0.15) is 25.3 Å². The third-order valence-corrected chi connectivity index (χ3v) is 8.14. The van der Waals surface area contributed by atoms with Crippen LogP contribution in [0.15, 0.2) is 0 Å². The van der Waals surface area contributed by atoms with Crippen LogP contribution in [0.2, 0.25) is 0 Å². The average molecular weight is 225 g/mol. The standard InChI is InChI=1S/H3NO7S3/c1-9(2,3)11(7,8)10(4,5)6/h(H2,1,2,3)(H,4,5,6). The Balaban J connectivity index is 5.92. The largest absolute Gasteiger partial charge is 0.395 e. The first-order valence-corrected chi connectivity index (χ1v) is 7.25. The van der Waals surface area contributed by atoms with Crippen LogP contribution >= 0.6 is 0 Å². The van der Waals surface area contributed by atoms with Crippen molar-refractivity contribution in [1.29, 1.82) is 0 Å². The molecule has 0 amide bonds. The molecule has 0 aromatic heterocycles. The highest BCUT2D eigenvalue weighted by molar-refractivity contribution is 8.97. The highest BCUT2D eigenvalue weighted by Gasteiger charge is 2.39. The summed E-state index contributed by atoms with van der Waals surface area (Å²) in [7, 11) is -16.8. The van der Waals surface area contributed by atoms with Gasteiger partial charge in [-0.3, -0.25) is 4.55 Å². The Morgan fingerprint density at radius 3 is 1.18 bits per heavy atom. The van der Waals surface area contributed by atoms with Gasteiger partial charge in [0, 0.05) is 0 Å². The van der Waals surface area contributed by atoms with E-state index in [4.69, 9.17) is 4.55 Å². The zero-order chi connectivity index (χ0) is 9.50. The molecule has 0 saturated heterocycles. The fourth-order valence-electron chi connectivity index (χ4n) is 0.120. The monoisotopic (exact) mass is 225 g/mol. The van der Waals surface area contributed by atoms with Crippen LogP contribution in [0.4, 0.5) is 0 Å². The molecule has 0 aromatic carbocycles. The molecule has 8 nitrogen and oxygen atoms in total. The number of hydrogen-bond acceptors (Lipinski definition) is 6. The van der Waals surface area contributed by atoms with Crippen molar-refractivity contribution in [1.82, 2.24) is 0 Å². The molecule has 0 spiro atoms. The molecule has 0 aliphatic rings. The van der Waals surface area contributed by atoms with Gasteiger partial charge < -0.3 is 0 Å². The average Bonchev–Trinajstić information content (AvgIpc) is 1.58. The Kier molecular flexibility index (Phi) is 2.33. The van der Waals surface area contributed by atoms with Gasteiger partial charge in [-0.25, -0.2) is 5.14 Å². The first-order chi connectivity index (χ1) is 4.50. The van der Waals surface area contributed by atoms with Crippen molar-refractivity contribution in [3.8, 4) is 0 Å². The van der Waals surface area contributed by atoms with Crippen molar-refractivity contribution in [3.05, 3.63) is 0 Å². The van der Waals surface area contributed by atoms with Crippen LogP contribution < -0.4 is 5.14 Å². The van der Waals surface area contributed by atoms with Crippen LogP contribution in [-0.4, -0.2) is 29.8 Å². The molecule has 0 saturated carbocycles. The number of hydrogen-bond donors (Lipinski definition) is 2. The smallest absolute Gasteiger partial charge is 0.273 e. The molecule has 0 unspecified atom stereocenters. The third kappa shape index (κ3) is 1.87. The highest BCUT2D eigenvalue weighted by Crippen LogP contribution is 2.04. The van der Waals surface area contributed by atoms with E-state index in [0.29, 0.717) is 0 Å². The van der Waals surface area contributed by atoms with E-state index >= 15 is 0 Å². The maximum atomic E-state index is 10.1. The van der Waals surface area contributed by atoms with Crippen LogP contribution in [0.25, 0.3) is 0 Å². The Labute approximate surface area is 61.5 Å². The quantitative estimate of drug-likeness (QED) is 0.386. The molecule has 0 bridgehead atoms. The lowest BCUT2D eigenvalue weighted by Gasteiger charge is -1.94. The summed E-state index contributed by atoms with van der Waals surface area (Å²) in [6.45, 7) is 0. The summed E-state index contributed by atoms with van der Waals surface area (Å²) in [4.78, 5) is 0. The molecule has 0 aliphatic heterocycles. The minimum absolute atomic E-state index is 3.94. The maximum Gasteiger partial charge on any atom is 0.395 e. The predicted octanol–water partition coefficient (Wildman–Crippen LogP) is -2.59. The second-order valence-electron chi connectivity index (χ2n) is 1.33. The molecular formula is H3NO7S3. The molecule has 0 rings (SSSR count). The minimum atomic E-state index is -5.74. The van der Waals surface area contributed by atoms with Crippen molar-refractivity contribution in [3.63, 3.8) is 0 Å². The molecule has 0 fully saturated rings. The summed E-state index contributed by atoms with van der Waals surface area (Å²) in [5.41, 5.74) is 0. The Hall–Kier alpha value is -0.230. The van der Waals surface area contributed by atoms with E-state index in [1.807, 2.05) is 0 Å². The summed E-state index contributed by atoms with van der Waals surface area (Å²) < 4.78 is 67.6. The summed E-state index contributed by atoms with van der Waals surface area (Å²) >= 11 is 0. The van der Waals surface area contributed by atoms with Crippen molar-refractivity contribution in [2.45, 2.75) is 0 Å². The highest BCUT2D eigenvalue weighted by atomic mass is 33.6. The summed E-state index contributed by atoms with van der Waals surface area (Å²) in [6, 6.07) is 0. The Bertz CT molecular complexity index is 392. The van der Waals surface area contributed by atoms with Gasteiger partial charge in [0.15, 0.2) is 0 Å². The number of nitrogens with two attached hydrogens (primary N) is 1. The van der Waals surface area contributed by atoms with Crippen LogP contribution in [0, 0.1) is 0 Å². The lowest BCUT2D eigenvalue weighted by molar-refractivity contribution is 0.494. The second kappa shape index (κ2) is 2.38. The van der Waals surface area contributed by atoms with E-state index in [-0.39, 0.29) is 0 Å². The Morgan fingerprint density at radius 2 is 1.18 bits per heavy atom. The van der Waals surface area contributed by atoms with Crippen molar-refractivity contribution >= 4 is 26.1 Å². The van der Waals surface area contributed by atoms with Gasteiger partial charge in [0.25, 0.3) is 0 Å². The maximum absolute atomic E-state index is 10.1. The third-order valence-electron chi connectivity index (χ3n) is 0.542. The normalized spacial score (nSPS) is 14.7. The van der Waals surface area contributed by atoms with Crippen molar-refractivity contribution < 1.29 is 29.8 Å². The molecule has 0 radical (unpaired) electrons. The lowest BCUT2D eigenvalue weighted by atomic mass is 14.0. The van der Waals surface area contributed by atoms with Crippen LogP contribution in [0.3, 0.4) is 0 Å². The van der Waals surface area contributed by atoms with E-state index < -0.39 is 26.1 Å². The van der Waals surface area contributed by atoms with E-state index in [9.17, 15) is 25.3 Å². The first-order valence-electron chi connectivity index (χ1n) is 1.75. The van der Waals surface area contributed by atoms with Gasteiger partial charge in [0.2, 0.25) is 0 Å². The van der Waals surface area contributed by atoms with E-state index in [0.717, 1.165) is 0 Å². The Morgan fingerprint density at radius 1 is 0.909 bits per heavy atom. The van der Waals surface area contributed by atoms with Crippen LogP contribution in [-0.2, 0) is 26.1 Å². The summed E-state index contributed by atoms with van der Waals surface area (Å²) in [5.74, 6) is 0. The zero-order valence-electron chi connectivity index (χ0n) is 4.70. The van der Waals surface area contributed by atoms with Crippen LogP contribution in [0.5, 0.6) is 0 Å². The molecule has 11 heavy (non-hydrogen) atoms. The van der Waals surface area contributed by atoms with Gasteiger partial charge in [-0.1, -0.05) is 0 Å². The van der Waals surface area contributed by atoms with Gasteiger partial charge in [-0.15, -0.1) is 0 Å². The summed E-state index contributed by atoms with van der Waals surface area (Å²) in [5, 5.41) is 3.94. The number of rotatable bonds is 2. The second-order valence-corrected chi connectivity index (χ2v) is 9.91. The summed E-state index contributed by atoms with van der Waals surface area (Å²) in [6.07, 6.45) is 0. The predicted molar refractivity (Wildman–Crippen MR) is 33.6 cm³/mol. The fraction of sp³-hybridized carbons (Fsp3) is 0. The van der Waals surface area contributed by atoms with E-state index in [1.165, 1.54) is 0 Å². The molecule has 0 atom stereocenters.